The fourth-order valence-electron chi connectivity index (χ4n) is 6.42. The molecule has 3 heterocycles. The molecule has 0 N–H and O–H groups in total. The van der Waals surface area contributed by atoms with Crippen molar-refractivity contribution >= 4 is 11.8 Å². The van der Waals surface area contributed by atoms with E-state index in [0.717, 1.165) is 22.3 Å². The van der Waals surface area contributed by atoms with Crippen LogP contribution in [0, 0.1) is 0 Å². The van der Waals surface area contributed by atoms with Gasteiger partial charge in [-0.1, -0.05) is 72.8 Å². The van der Waals surface area contributed by atoms with E-state index in [0.29, 0.717) is 36.1 Å². The normalized spacial score (nSPS) is 19.9. The van der Waals surface area contributed by atoms with E-state index >= 15 is 0 Å². The Morgan fingerprint density at radius 1 is 0.525 bits per heavy atom. The first-order valence-electron chi connectivity index (χ1n) is 13.8. The Bertz CT molecular complexity index is 1420. The lowest BCUT2D eigenvalue weighted by atomic mass is 9.85. The van der Waals surface area contributed by atoms with Crippen molar-refractivity contribution in [3.8, 4) is 23.0 Å². The monoisotopic (exact) mass is 530 g/mol. The smallest absolute Gasteiger partial charge is 0.235 e. The highest BCUT2D eigenvalue weighted by molar-refractivity contribution is 5.92. The molecule has 0 radical (unpaired) electrons. The third-order valence-electron chi connectivity index (χ3n) is 8.41. The number of carbonyl (C=O) groups is 2. The third kappa shape index (κ3) is 3.86. The summed E-state index contributed by atoms with van der Waals surface area (Å²) in [5.74, 6) is 2.03. The van der Waals surface area contributed by atoms with Crippen molar-refractivity contribution in [3.05, 3.63) is 119 Å². The fraction of sp³-hybridized carbons (Fsp3) is 0.235. The molecule has 2 atom stereocenters. The Labute approximate surface area is 233 Å². The van der Waals surface area contributed by atoms with Crippen molar-refractivity contribution in [2.45, 2.75) is 37.8 Å². The molecule has 6 heteroatoms. The summed E-state index contributed by atoms with van der Waals surface area (Å²) in [5.41, 5.74) is 3.50. The first-order chi connectivity index (χ1) is 19.5. The third-order valence-corrected chi connectivity index (χ3v) is 8.41. The summed E-state index contributed by atoms with van der Waals surface area (Å²) in [7, 11) is 0. The lowest BCUT2D eigenvalue weighted by molar-refractivity contribution is -0.146. The maximum atomic E-state index is 14.3. The van der Waals surface area contributed by atoms with E-state index < -0.39 is 11.8 Å². The Hall–Kier alpha value is -4.58. The van der Waals surface area contributed by atoms with Crippen molar-refractivity contribution in [3.63, 3.8) is 0 Å². The average Bonchev–Trinajstić information content (AvgIpc) is 2.98. The highest BCUT2D eigenvalue weighted by Crippen LogP contribution is 2.47. The highest BCUT2D eigenvalue weighted by atomic mass is 16.5. The molecule has 6 nitrogen and oxygen atoms in total. The fourth-order valence-corrected chi connectivity index (χ4v) is 6.42. The van der Waals surface area contributed by atoms with Gasteiger partial charge in [-0.3, -0.25) is 9.59 Å². The van der Waals surface area contributed by atoms with Gasteiger partial charge in [-0.05, 0) is 38.1 Å². The zero-order chi connectivity index (χ0) is 27.4. The molecule has 1 fully saturated rings. The predicted octanol–water partition coefficient (Wildman–Crippen LogP) is 6.31. The average molecular weight is 531 g/mol. The molecule has 0 unspecified atom stereocenters. The molecule has 0 bridgehead atoms. The first kappa shape index (κ1) is 24.5. The number of amides is 2. The molecule has 0 saturated carbocycles. The largest absolute Gasteiger partial charge is 0.457 e. The van der Waals surface area contributed by atoms with E-state index in [2.05, 4.69) is 0 Å². The number of hydrogen-bond acceptors (Lipinski definition) is 4. The van der Waals surface area contributed by atoms with Gasteiger partial charge in [-0.15, -0.1) is 0 Å². The summed E-state index contributed by atoms with van der Waals surface area (Å²) in [6.45, 7) is 4.99. The summed E-state index contributed by atoms with van der Waals surface area (Å²) >= 11 is 0. The van der Waals surface area contributed by atoms with Gasteiger partial charge in [0, 0.05) is 47.4 Å². The van der Waals surface area contributed by atoms with Gasteiger partial charge in [-0.25, -0.2) is 0 Å². The van der Waals surface area contributed by atoms with Gasteiger partial charge in [0.2, 0.25) is 11.8 Å². The molecule has 0 spiro atoms. The molecular formula is C34H30N2O4. The molecule has 200 valence electrons. The van der Waals surface area contributed by atoms with E-state index in [4.69, 9.17) is 9.47 Å². The lowest BCUT2D eigenvalue weighted by Gasteiger charge is -2.46. The number of piperazine rings is 1. The highest BCUT2D eigenvalue weighted by Gasteiger charge is 2.43. The Morgan fingerprint density at radius 2 is 0.800 bits per heavy atom. The molecule has 1 saturated heterocycles. The second-order valence-corrected chi connectivity index (χ2v) is 10.9. The Balaban J connectivity index is 1.19. The number of rotatable bonds is 2. The second-order valence-electron chi connectivity index (χ2n) is 10.9. The Morgan fingerprint density at radius 3 is 1.10 bits per heavy atom. The number of fused-ring (bicyclic) bond motifs is 4. The van der Waals surface area contributed by atoms with Crippen molar-refractivity contribution < 1.29 is 19.1 Å². The van der Waals surface area contributed by atoms with Crippen LogP contribution in [0.5, 0.6) is 23.0 Å². The van der Waals surface area contributed by atoms with Crippen molar-refractivity contribution in [1.82, 2.24) is 9.80 Å². The molecule has 4 aromatic rings. The van der Waals surface area contributed by atoms with E-state index in [1.165, 1.54) is 0 Å². The minimum absolute atomic E-state index is 0.0383. The maximum absolute atomic E-state index is 14.3. The summed E-state index contributed by atoms with van der Waals surface area (Å²) in [6.07, 6.45) is 0. The van der Waals surface area contributed by atoms with Crippen LogP contribution in [0.25, 0.3) is 0 Å². The van der Waals surface area contributed by atoms with Crippen LogP contribution in [0.2, 0.25) is 0 Å². The molecule has 4 aromatic carbocycles. The summed E-state index contributed by atoms with van der Waals surface area (Å²) in [6, 6.07) is 30.7. The molecule has 0 aliphatic carbocycles. The van der Waals surface area contributed by atoms with Gasteiger partial charge >= 0.3 is 0 Å². The quantitative estimate of drug-likeness (QED) is 0.305. The van der Waals surface area contributed by atoms with Gasteiger partial charge in [0.05, 0.1) is 11.8 Å². The number of nitrogens with zero attached hydrogens (tertiary/aromatic N) is 2. The summed E-state index contributed by atoms with van der Waals surface area (Å²) in [5, 5.41) is 0. The molecule has 40 heavy (non-hydrogen) atoms. The van der Waals surface area contributed by atoms with Crippen LogP contribution in [-0.2, 0) is 9.59 Å². The summed E-state index contributed by atoms with van der Waals surface area (Å²) in [4.78, 5) is 32.5. The minimum atomic E-state index is -0.452. The van der Waals surface area contributed by atoms with E-state index in [1.54, 1.807) is 0 Å². The molecule has 0 aromatic heterocycles. The van der Waals surface area contributed by atoms with E-state index in [9.17, 15) is 9.59 Å². The molecule has 3 aliphatic rings. The molecule has 7 rings (SSSR count). The lowest BCUT2D eigenvalue weighted by Crippen LogP contribution is -2.61. The van der Waals surface area contributed by atoms with Crippen LogP contribution in [0.3, 0.4) is 0 Å². The van der Waals surface area contributed by atoms with Gasteiger partial charge in [0.25, 0.3) is 0 Å². The standard InChI is InChI=1S/C34H30N2O4/c1-21-19-36(34(38)32-25-13-5-9-17-29(25)40-30-18-10-6-14-26(30)32)22(2)20-35(21)33(37)31-23-11-3-7-15-27(23)39-28-16-8-4-12-24(28)31/h3-18,21-22,31-32H,19-20H2,1-2H3/t21-,22-/m0/s1. The predicted molar refractivity (Wildman–Crippen MR) is 152 cm³/mol. The van der Waals surface area contributed by atoms with Crippen LogP contribution in [-0.4, -0.2) is 46.8 Å². The van der Waals surface area contributed by atoms with Gasteiger partial charge in [0.1, 0.15) is 23.0 Å². The topological polar surface area (TPSA) is 59.1 Å². The van der Waals surface area contributed by atoms with Gasteiger partial charge in [-0.2, -0.15) is 0 Å². The number of ether oxygens (including phenoxy) is 2. The van der Waals surface area contributed by atoms with E-state index in [-0.39, 0.29) is 23.9 Å². The van der Waals surface area contributed by atoms with Gasteiger partial charge < -0.3 is 19.3 Å². The zero-order valence-corrected chi connectivity index (χ0v) is 22.5. The maximum Gasteiger partial charge on any atom is 0.235 e. The van der Waals surface area contributed by atoms with Crippen LogP contribution in [0.4, 0.5) is 0 Å². The molecule has 2 amide bonds. The number of para-hydroxylation sites is 4. The first-order valence-corrected chi connectivity index (χ1v) is 13.8. The number of hydrogen-bond donors (Lipinski definition) is 0. The minimum Gasteiger partial charge on any atom is -0.457 e. The van der Waals surface area contributed by atoms with Crippen LogP contribution >= 0.6 is 0 Å². The van der Waals surface area contributed by atoms with Crippen LogP contribution < -0.4 is 9.47 Å². The van der Waals surface area contributed by atoms with Crippen molar-refractivity contribution in [1.29, 1.82) is 0 Å². The van der Waals surface area contributed by atoms with Gasteiger partial charge in [0.15, 0.2) is 0 Å². The van der Waals surface area contributed by atoms with Crippen molar-refractivity contribution in [2.75, 3.05) is 13.1 Å². The number of benzene rings is 4. The Kier molecular flexibility index (Phi) is 5.84. The summed E-state index contributed by atoms with van der Waals surface area (Å²) < 4.78 is 12.3. The SMILES string of the molecule is C[C@H]1CN(C(=O)C2c3ccccc3Oc3ccccc32)[C@@H](C)CN1C(=O)C1c2ccccc2Oc2ccccc21. The van der Waals surface area contributed by atoms with Crippen LogP contribution in [0.1, 0.15) is 47.9 Å². The van der Waals surface area contributed by atoms with E-state index in [1.807, 2.05) is 121 Å². The zero-order valence-electron chi connectivity index (χ0n) is 22.5. The second kappa shape index (κ2) is 9.56. The molecule has 3 aliphatic heterocycles. The van der Waals surface area contributed by atoms with Crippen LogP contribution in [0.15, 0.2) is 97.1 Å². The van der Waals surface area contributed by atoms with Crippen molar-refractivity contribution in [2.24, 2.45) is 0 Å². The number of carbonyl (C=O) groups excluding carboxylic acids is 2. The molecular weight excluding hydrogens is 500 g/mol.